The van der Waals surface area contributed by atoms with Crippen molar-refractivity contribution in [2.24, 2.45) is 0 Å². The molecule has 8 nitrogen and oxygen atoms in total. The van der Waals surface area contributed by atoms with E-state index < -0.39 is 11.8 Å². The van der Waals surface area contributed by atoms with Crippen LogP contribution in [0.15, 0.2) is 29.1 Å². The first-order valence-corrected chi connectivity index (χ1v) is 9.94. The second kappa shape index (κ2) is 7.87. The van der Waals surface area contributed by atoms with E-state index in [9.17, 15) is 19.2 Å². The normalized spacial score (nSPS) is 18.1. The van der Waals surface area contributed by atoms with E-state index in [4.69, 9.17) is 4.74 Å². The molecule has 1 atom stereocenters. The number of nitrogens with zero attached hydrogens (tertiary/aromatic N) is 1. The lowest BCUT2D eigenvalue weighted by Gasteiger charge is -2.17. The highest BCUT2D eigenvalue weighted by atomic mass is 16.5. The van der Waals surface area contributed by atoms with Gasteiger partial charge in [-0.3, -0.25) is 24.1 Å². The van der Waals surface area contributed by atoms with Crippen LogP contribution in [0.3, 0.4) is 0 Å². The van der Waals surface area contributed by atoms with Crippen molar-refractivity contribution in [1.29, 1.82) is 0 Å². The zero-order valence-corrected chi connectivity index (χ0v) is 16.9. The lowest BCUT2D eigenvalue weighted by molar-refractivity contribution is 0.0475. The number of rotatable bonds is 5. The topological polar surface area (TPSA) is 109 Å². The molecule has 0 radical (unpaired) electrons. The number of hydrogen-bond acceptors (Lipinski definition) is 5. The van der Waals surface area contributed by atoms with Crippen LogP contribution < -0.4 is 10.9 Å². The Bertz CT molecular complexity index is 1100. The van der Waals surface area contributed by atoms with Crippen LogP contribution in [-0.2, 0) is 11.3 Å². The van der Waals surface area contributed by atoms with Crippen molar-refractivity contribution in [1.82, 2.24) is 15.2 Å². The van der Waals surface area contributed by atoms with E-state index in [0.717, 1.165) is 24.1 Å². The van der Waals surface area contributed by atoms with Crippen molar-refractivity contribution in [2.75, 3.05) is 13.2 Å². The third-order valence-corrected chi connectivity index (χ3v) is 5.56. The van der Waals surface area contributed by atoms with Gasteiger partial charge in [0.15, 0.2) is 0 Å². The summed E-state index contributed by atoms with van der Waals surface area (Å²) in [6.07, 6.45) is 1.60. The number of benzene rings is 1. The van der Waals surface area contributed by atoms with Crippen molar-refractivity contribution in [3.05, 3.63) is 68.1 Å². The average Bonchev–Trinajstić information content (AvgIpc) is 3.30. The van der Waals surface area contributed by atoms with Crippen LogP contribution in [0.2, 0.25) is 0 Å². The molecule has 0 saturated carbocycles. The maximum atomic E-state index is 12.7. The van der Waals surface area contributed by atoms with E-state index in [-0.39, 0.29) is 41.8 Å². The zero-order valence-electron chi connectivity index (χ0n) is 16.9. The summed E-state index contributed by atoms with van der Waals surface area (Å²) in [7, 11) is 0. The van der Waals surface area contributed by atoms with E-state index in [1.165, 1.54) is 23.1 Å². The minimum atomic E-state index is -0.421. The summed E-state index contributed by atoms with van der Waals surface area (Å²) in [4.78, 5) is 54.0. The lowest BCUT2D eigenvalue weighted by Crippen LogP contribution is -2.36. The zero-order chi connectivity index (χ0) is 21.4. The smallest absolute Gasteiger partial charge is 0.261 e. The lowest BCUT2D eigenvalue weighted by atomic mass is 10.0. The average molecular weight is 409 g/mol. The van der Waals surface area contributed by atoms with Gasteiger partial charge in [-0.05, 0) is 56.5 Å². The largest absolute Gasteiger partial charge is 0.376 e. The number of imide groups is 1. The molecule has 1 fully saturated rings. The summed E-state index contributed by atoms with van der Waals surface area (Å²) in [6, 6.07) is 6.29. The minimum Gasteiger partial charge on any atom is -0.376 e. The molecule has 1 unspecified atom stereocenters. The molecule has 1 saturated heterocycles. The van der Waals surface area contributed by atoms with Gasteiger partial charge in [0.25, 0.3) is 23.3 Å². The van der Waals surface area contributed by atoms with Crippen molar-refractivity contribution >= 4 is 17.7 Å². The second-order valence-corrected chi connectivity index (χ2v) is 7.74. The maximum absolute atomic E-state index is 12.7. The monoisotopic (exact) mass is 409 g/mol. The minimum absolute atomic E-state index is 0.0649. The van der Waals surface area contributed by atoms with E-state index >= 15 is 0 Å². The summed E-state index contributed by atoms with van der Waals surface area (Å²) in [5.74, 6) is -1.19. The highest BCUT2D eigenvalue weighted by Crippen LogP contribution is 2.26. The van der Waals surface area contributed by atoms with Gasteiger partial charge in [-0.1, -0.05) is 0 Å². The molecule has 0 bridgehead atoms. The van der Waals surface area contributed by atoms with Crippen LogP contribution in [-0.4, -0.2) is 46.9 Å². The van der Waals surface area contributed by atoms with Crippen molar-refractivity contribution in [3.63, 3.8) is 0 Å². The van der Waals surface area contributed by atoms with Crippen LogP contribution in [0, 0.1) is 13.8 Å². The predicted molar refractivity (Wildman–Crippen MR) is 108 cm³/mol. The van der Waals surface area contributed by atoms with Crippen molar-refractivity contribution < 1.29 is 19.1 Å². The number of pyridine rings is 1. The quantitative estimate of drug-likeness (QED) is 0.731. The first-order valence-electron chi connectivity index (χ1n) is 9.94. The molecule has 30 heavy (non-hydrogen) atoms. The maximum Gasteiger partial charge on any atom is 0.261 e. The number of aromatic amines is 1. The molecule has 8 heteroatoms. The number of fused-ring (bicyclic) bond motifs is 1. The van der Waals surface area contributed by atoms with Crippen LogP contribution in [0.25, 0.3) is 0 Å². The highest BCUT2D eigenvalue weighted by molar-refractivity contribution is 6.22. The predicted octanol–water partition coefficient (Wildman–Crippen LogP) is 1.70. The Labute approximate surface area is 173 Å². The fourth-order valence-electron chi connectivity index (χ4n) is 3.96. The molecule has 2 aromatic rings. The number of hydrogen-bond donors (Lipinski definition) is 2. The van der Waals surface area contributed by atoms with Gasteiger partial charge in [0.05, 0.1) is 23.8 Å². The molecular weight excluding hydrogens is 386 g/mol. The molecule has 156 valence electrons. The SMILES string of the molecule is Cc1cc(C)c(CNC(=O)c2ccc3c(c2)C(=O)N(CC2CCCO2)C3=O)c(=O)[nH]1. The fraction of sp³-hybridized carbons (Fsp3) is 0.364. The Morgan fingerprint density at radius 3 is 2.63 bits per heavy atom. The number of carbonyl (C=O) groups excluding carboxylic acids is 3. The van der Waals surface area contributed by atoms with Gasteiger partial charge in [-0.2, -0.15) is 0 Å². The van der Waals surface area contributed by atoms with E-state index in [2.05, 4.69) is 10.3 Å². The Morgan fingerprint density at radius 1 is 1.17 bits per heavy atom. The molecule has 2 aliphatic heterocycles. The van der Waals surface area contributed by atoms with Gasteiger partial charge in [0.2, 0.25) is 0 Å². The highest BCUT2D eigenvalue weighted by Gasteiger charge is 2.37. The number of ether oxygens (including phenoxy) is 1. The second-order valence-electron chi connectivity index (χ2n) is 7.74. The Hall–Kier alpha value is -3.26. The third-order valence-electron chi connectivity index (χ3n) is 5.56. The third kappa shape index (κ3) is 3.66. The Morgan fingerprint density at radius 2 is 1.93 bits per heavy atom. The molecule has 2 N–H and O–H groups in total. The van der Waals surface area contributed by atoms with Crippen molar-refractivity contribution in [3.8, 4) is 0 Å². The van der Waals surface area contributed by atoms with Gasteiger partial charge in [0, 0.05) is 30.0 Å². The summed E-state index contributed by atoms with van der Waals surface area (Å²) >= 11 is 0. The molecule has 0 aliphatic carbocycles. The van der Waals surface area contributed by atoms with E-state index in [0.29, 0.717) is 17.7 Å². The van der Waals surface area contributed by atoms with Gasteiger partial charge in [-0.25, -0.2) is 0 Å². The first kappa shape index (κ1) is 20.0. The number of aromatic nitrogens is 1. The fourth-order valence-corrected chi connectivity index (χ4v) is 3.96. The van der Waals surface area contributed by atoms with Crippen LogP contribution in [0.5, 0.6) is 0 Å². The Kier molecular flexibility index (Phi) is 5.26. The summed E-state index contributed by atoms with van der Waals surface area (Å²) in [5.41, 5.74) is 2.54. The molecule has 4 rings (SSSR count). The van der Waals surface area contributed by atoms with Gasteiger partial charge in [-0.15, -0.1) is 0 Å². The van der Waals surface area contributed by atoms with Crippen molar-refractivity contribution in [2.45, 2.75) is 39.3 Å². The molecule has 0 spiro atoms. The van der Waals surface area contributed by atoms with Crippen LogP contribution in [0.1, 0.15) is 60.7 Å². The number of aryl methyl sites for hydroxylation is 2. The van der Waals surface area contributed by atoms with Crippen LogP contribution in [0.4, 0.5) is 0 Å². The molecular formula is C22H23N3O5. The van der Waals surface area contributed by atoms with Gasteiger partial charge < -0.3 is 15.0 Å². The molecule has 3 amide bonds. The number of nitrogens with one attached hydrogen (secondary N) is 2. The number of H-pyrrole nitrogens is 1. The molecule has 1 aromatic heterocycles. The van der Waals surface area contributed by atoms with E-state index in [1.54, 1.807) is 6.92 Å². The number of carbonyl (C=O) groups is 3. The van der Waals surface area contributed by atoms with Gasteiger partial charge in [0.1, 0.15) is 0 Å². The van der Waals surface area contributed by atoms with Crippen LogP contribution >= 0.6 is 0 Å². The standard InChI is InChI=1S/C22H23N3O5/c1-12-8-13(2)24-20(27)18(12)10-23-19(26)14-5-6-16-17(9-14)22(29)25(21(16)28)11-15-4-3-7-30-15/h5-6,8-9,15H,3-4,7,10-11H2,1-2H3,(H,23,26)(H,24,27). The Balaban J connectivity index is 1.49. The molecule has 1 aromatic carbocycles. The summed E-state index contributed by atoms with van der Waals surface area (Å²) in [5, 5.41) is 2.71. The number of amides is 3. The summed E-state index contributed by atoms with van der Waals surface area (Å²) < 4.78 is 5.53. The van der Waals surface area contributed by atoms with E-state index in [1.807, 2.05) is 13.0 Å². The first-order chi connectivity index (χ1) is 14.3. The molecule has 2 aliphatic rings. The van der Waals surface area contributed by atoms with Gasteiger partial charge >= 0.3 is 0 Å². The molecule has 3 heterocycles. The summed E-state index contributed by atoms with van der Waals surface area (Å²) in [6.45, 7) is 4.54.